The Morgan fingerprint density at radius 1 is 1.67 bits per heavy atom. The third kappa shape index (κ3) is 2.30. The van der Waals surface area contributed by atoms with Gasteiger partial charge in [0, 0.05) is 5.69 Å². The van der Waals surface area contributed by atoms with Gasteiger partial charge in [0.2, 0.25) is 0 Å². The molecule has 15 heavy (non-hydrogen) atoms. The number of hydrazine groups is 1. The van der Waals surface area contributed by atoms with Crippen molar-refractivity contribution in [3.05, 3.63) is 17.5 Å². The molecule has 1 heterocycles. The molecule has 0 aromatic carbocycles. The van der Waals surface area contributed by atoms with E-state index in [0.717, 1.165) is 0 Å². The number of alkyl halides is 2. The van der Waals surface area contributed by atoms with Crippen molar-refractivity contribution in [3.8, 4) is 0 Å². The van der Waals surface area contributed by atoms with Crippen LogP contribution >= 0.6 is 0 Å². The molecule has 1 aromatic heterocycles. The molecule has 0 aliphatic heterocycles. The van der Waals surface area contributed by atoms with Crippen molar-refractivity contribution in [2.45, 2.75) is 26.3 Å². The van der Waals surface area contributed by atoms with Crippen molar-refractivity contribution in [2.75, 3.05) is 0 Å². The van der Waals surface area contributed by atoms with E-state index in [-0.39, 0.29) is 5.69 Å². The van der Waals surface area contributed by atoms with Gasteiger partial charge in [0.25, 0.3) is 12.3 Å². The van der Waals surface area contributed by atoms with Crippen LogP contribution in [0.4, 0.5) is 8.78 Å². The van der Waals surface area contributed by atoms with Gasteiger partial charge in [-0.25, -0.2) is 14.6 Å². The van der Waals surface area contributed by atoms with Gasteiger partial charge < -0.3 is 0 Å². The number of hydrogen-bond donors (Lipinski definition) is 2. The van der Waals surface area contributed by atoms with Gasteiger partial charge in [-0.2, -0.15) is 5.10 Å². The Labute approximate surface area is 85.2 Å². The average molecular weight is 218 g/mol. The normalized spacial score (nSPS) is 12.9. The number of rotatable bonds is 3. The Balaban J connectivity index is 2.99. The van der Waals surface area contributed by atoms with Crippen molar-refractivity contribution in [1.29, 1.82) is 0 Å². The highest BCUT2D eigenvalue weighted by Gasteiger charge is 2.20. The highest BCUT2D eigenvalue weighted by Crippen LogP contribution is 2.20. The molecule has 0 bridgehead atoms. The van der Waals surface area contributed by atoms with Gasteiger partial charge in [0.15, 0.2) is 0 Å². The summed E-state index contributed by atoms with van der Waals surface area (Å²) in [7, 11) is 0. The van der Waals surface area contributed by atoms with Crippen molar-refractivity contribution < 1.29 is 13.6 Å². The average Bonchev–Trinajstić information content (AvgIpc) is 2.58. The summed E-state index contributed by atoms with van der Waals surface area (Å²) in [5, 5.41) is 3.63. The Morgan fingerprint density at radius 3 is 2.67 bits per heavy atom. The molecular weight excluding hydrogens is 206 g/mol. The summed E-state index contributed by atoms with van der Waals surface area (Å²) >= 11 is 0. The van der Waals surface area contributed by atoms with Gasteiger partial charge in [0.1, 0.15) is 11.7 Å². The molecule has 0 aliphatic rings. The smallest absolute Gasteiger partial charge is 0.282 e. The number of aromatic nitrogens is 2. The molecule has 1 amide bonds. The molecule has 0 aliphatic carbocycles. The third-order valence-electron chi connectivity index (χ3n) is 2.05. The monoisotopic (exact) mass is 218 g/mol. The van der Waals surface area contributed by atoms with E-state index in [1.54, 1.807) is 6.92 Å². The lowest BCUT2D eigenvalue weighted by atomic mass is 10.3. The van der Waals surface area contributed by atoms with Crippen LogP contribution in [0.15, 0.2) is 6.07 Å². The molecule has 0 radical (unpaired) electrons. The van der Waals surface area contributed by atoms with Crippen LogP contribution in [-0.2, 0) is 4.79 Å². The summed E-state index contributed by atoms with van der Waals surface area (Å²) in [5.41, 5.74) is 2.09. The summed E-state index contributed by atoms with van der Waals surface area (Å²) in [6, 6.07) is 0.535. The van der Waals surface area contributed by atoms with Crippen molar-refractivity contribution in [2.24, 2.45) is 5.84 Å². The summed E-state index contributed by atoms with van der Waals surface area (Å²) in [6.07, 6.45) is -2.64. The SMILES string of the molecule is Cc1cc(C(F)F)nn1C(C)C(=O)NN. The van der Waals surface area contributed by atoms with Gasteiger partial charge in [0.05, 0.1) is 0 Å². The second-order valence-corrected chi connectivity index (χ2v) is 3.14. The molecule has 7 heteroatoms. The predicted octanol–water partition coefficient (Wildman–Crippen LogP) is 0.680. The number of nitrogens with one attached hydrogen (secondary N) is 1. The summed E-state index contributed by atoms with van der Waals surface area (Å²) < 4.78 is 25.8. The number of nitrogens with zero attached hydrogens (tertiary/aromatic N) is 2. The van der Waals surface area contributed by atoms with E-state index >= 15 is 0 Å². The van der Waals surface area contributed by atoms with Gasteiger partial charge in [-0.3, -0.25) is 14.9 Å². The molecular formula is C8H12F2N4O. The lowest BCUT2D eigenvalue weighted by molar-refractivity contribution is -0.124. The summed E-state index contributed by atoms with van der Waals surface area (Å²) in [5.74, 6) is 4.45. The molecule has 1 unspecified atom stereocenters. The number of halogens is 2. The lowest BCUT2D eigenvalue weighted by Gasteiger charge is -2.11. The van der Waals surface area contributed by atoms with Crippen LogP contribution in [0.5, 0.6) is 0 Å². The first-order valence-corrected chi connectivity index (χ1v) is 4.32. The van der Waals surface area contributed by atoms with Crippen LogP contribution < -0.4 is 11.3 Å². The van der Waals surface area contributed by atoms with Crippen LogP contribution in [-0.4, -0.2) is 15.7 Å². The minimum Gasteiger partial charge on any atom is -0.292 e. The molecule has 1 aromatic rings. The second-order valence-electron chi connectivity index (χ2n) is 3.14. The lowest BCUT2D eigenvalue weighted by Crippen LogP contribution is -2.36. The standard InChI is InChI=1S/C8H12F2N4O/c1-4-3-6(7(9)10)13-14(4)5(2)8(15)12-11/h3,5,7H,11H2,1-2H3,(H,12,15). The van der Waals surface area contributed by atoms with E-state index in [2.05, 4.69) is 5.10 Å². The topological polar surface area (TPSA) is 72.9 Å². The fourth-order valence-corrected chi connectivity index (χ4v) is 1.24. The van der Waals surface area contributed by atoms with E-state index in [1.165, 1.54) is 17.7 Å². The maximum atomic E-state index is 12.3. The third-order valence-corrected chi connectivity index (χ3v) is 2.05. The predicted molar refractivity (Wildman–Crippen MR) is 49.0 cm³/mol. The highest BCUT2D eigenvalue weighted by molar-refractivity contribution is 5.79. The maximum absolute atomic E-state index is 12.3. The number of carbonyl (C=O) groups is 1. The first-order chi connectivity index (χ1) is 6.97. The van der Waals surface area contributed by atoms with Crippen LogP contribution in [0.2, 0.25) is 0 Å². The fraction of sp³-hybridized carbons (Fsp3) is 0.500. The number of amides is 1. The van der Waals surface area contributed by atoms with Crippen molar-refractivity contribution in [1.82, 2.24) is 15.2 Å². The van der Waals surface area contributed by atoms with Gasteiger partial charge in [-0.05, 0) is 19.9 Å². The molecule has 0 spiro atoms. The molecule has 1 atom stereocenters. The largest absolute Gasteiger partial charge is 0.292 e. The highest BCUT2D eigenvalue weighted by atomic mass is 19.3. The quantitative estimate of drug-likeness (QED) is 0.445. The Morgan fingerprint density at radius 2 is 2.27 bits per heavy atom. The molecule has 1 rings (SSSR count). The Bertz CT molecular complexity index is 364. The molecule has 0 saturated carbocycles. The van der Waals surface area contributed by atoms with Crippen LogP contribution in [0.1, 0.15) is 30.8 Å². The first-order valence-electron chi connectivity index (χ1n) is 4.32. The van der Waals surface area contributed by atoms with E-state index in [1.807, 2.05) is 5.43 Å². The molecule has 0 fully saturated rings. The zero-order chi connectivity index (χ0) is 11.6. The minimum atomic E-state index is -2.64. The first kappa shape index (κ1) is 11.6. The maximum Gasteiger partial charge on any atom is 0.282 e. The van der Waals surface area contributed by atoms with E-state index in [0.29, 0.717) is 5.69 Å². The molecule has 84 valence electrons. The van der Waals surface area contributed by atoms with Crippen LogP contribution in [0, 0.1) is 6.92 Å². The van der Waals surface area contributed by atoms with Crippen molar-refractivity contribution >= 4 is 5.91 Å². The number of aryl methyl sites for hydroxylation is 1. The molecule has 5 nitrogen and oxygen atoms in total. The number of hydrogen-bond acceptors (Lipinski definition) is 3. The van der Waals surface area contributed by atoms with Crippen molar-refractivity contribution in [3.63, 3.8) is 0 Å². The second kappa shape index (κ2) is 4.35. The Hall–Kier alpha value is -1.50. The van der Waals surface area contributed by atoms with Crippen LogP contribution in [0.25, 0.3) is 0 Å². The zero-order valence-corrected chi connectivity index (χ0v) is 8.37. The van der Waals surface area contributed by atoms with Gasteiger partial charge in [-0.1, -0.05) is 0 Å². The van der Waals surface area contributed by atoms with Crippen LogP contribution in [0.3, 0.4) is 0 Å². The summed E-state index contributed by atoms with van der Waals surface area (Å²) in [6.45, 7) is 3.12. The number of nitrogens with two attached hydrogens (primary N) is 1. The van der Waals surface area contributed by atoms with E-state index < -0.39 is 18.4 Å². The molecule has 3 N–H and O–H groups in total. The van der Waals surface area contributed by atoms with Gasteiger partial charge in [-0.15, -0.1) is 0 Å². The zero-order valence-electron chi connectivity index (χ0n) is 8.37. The van der Waals surface area contributed by atoms with E-state index in [9.17, 15) is 13.6 Å². The summed E-state index contributed by atoms with van der Waals surface area (Å²) in [4.78, 5) is 11.2. The Kier molecular flexibility index (Phi) is 3.35. The fourth-order valence-electron chi connectivity index (χ4n) is 1.24. The van der Waals surface area contributed by atoms with Gasteiger partial charge >= 0.3 is 0 Å². The molecule has 0 saturated heterocycles. The van der Waals surface area contributed by atoms with E-state index in [4.69, 9.17) is 5.84 Å². The number of carbonyl (C=O) groups excluding carboxylic acids is 1. The minimum absolute atomic E-state index is 0.343.